The van der Waals surface area contributed by atoms with Crippen LogP contribution in [0.5, 0.6) is 0 Å². The molecule has 3 rings (SSSR count). The van der Waals surface area contributed by atoms with Crippen molar-refractivity contribution < 1.29 is 0 Å². The van der Waals surface area contributed by atoms with E-state index in [4.69, 9.17) is 0 Å². The summed E-state index contributed by atoms with van der Waals surface area (Å²) in [6.07, 6.45) is 10.6. The fourth-order valence-electron chi connectivity index (χ4n) is 3.01. The second kappa shape index (κ2) is 6.27. The molecule has 0 atom stereocenters. The number of benzene rings is 1. The summed E-state index contributed by atoms with van der Waals surface area (Å²) in [4.78, 5) is 2.50. The molecule has 1 aromatic carbocycles. The zero-order chi connectivity index (χ0) is 13.8. The summed E-state index contributed by atoms with van der Waals surface area (Å²) >= 11 is 0. The number of allylic oxidation sites excluding steroid dienone is 1. The highest BCUT2D eigenvalue weighted by Crippen LogP contribution is 2.24. The third-order valence-electron chi connectivity index (χ3n) is 4.30. The van der Waals surface area contributed by atoms with Gasteiger partial charge >= 0.3 is 0 Å². The molecule has 2 heterocycles. The Morgan fingerprint density at radius 1 is 1.15 bits per heavy atom. The zero-order valence-corrected chi connectivity index (χ0v) is 12.4. The van der Waals surface area contributed by atoms with Crippen LogP contribution in [0.2, 0.25) is 0 Å². The Balaban J connectivity index is 1.73. The summed E-state index contributed by atoms with van der Waals surface area (Å²) in [6.45, 7) is 6.76. The molecule has 0 saturated carbocycles. The molecule has 0 radical (unpaired) electrons. The van der Waals surface area contributed by atoms with Gasteiger partial charge in [-0.15, -0.1) is 0 Å². The number of nitrogens with zero attached hydrogens (tertiary/aromatic N) is 1. The van der Waals surface area contributed by atoms with E-state index in [1.807, 2.05) is 0 Å². The molecule has 2 aliphatic heterocycles. The summed E-state index contributed by atoms with van der Waals surface area (Å²) in [5.74, 6) is 0. The van der Waals surface area contributed by atoms with Crippen LogP contribution in [0.3, 0.4) is 0 Å². The van der Waals surface area contributed by atoms with E-state index in [1.54, 1.807) is 0 Å². The van der Waals surface area contributed by atoms with E-state index in [1.165, 1.54) is 48.3 Å². The van der Waals surface area contributed by atoms with Gasteiger partial charge in [0, 0.05) is 25.3 Å². The topological polar surface area (TPSA) is 15.3 Å². The maximum absolute atomic E-state index is 3.35. The summed E-state index contributed by atoms with van der Waals surface area (Å²) < 4.78 is 0. The predicted octanol–water partition coefficient (Wildman–Crippen LogP) is 3.53. The monoisotopic (exact) mass is 268 g/mol. The van der Waals surface area contributed by atoms with E-state index in [0.29, 0.717) is 0 Å². The first-order chi connectivity index (χ1) is 9.83. The van der Waals surface area contributed by atoms with Crippen molar-refractivity contribution in [1.29, 1.82) is 0 Å². The van der Waals surface area contributed by atoms with Gasteiger partial charge in [0.15, 0.2) is 0 Å². The van der Waals surface area contributed by atoms with E-state index in [9.17, 15) is 0 Å². The van der Waals surface area contributed by atoms with Crippen molar-refractivity contribution in [1.82, 2.24) is 5.32 Å². The number of anilines is 1. The molecule has 1 aromatic rings. The molecule has 1 saturated heterocycles. The normalized spacial score (nSPS) is 19.6. The lowest BCUT2D eigenvalue weighted by atomic mass is 10.0. The Hall–Kier alpha value is -1.54. The molecule has 1 fully saturated rings. The maximum atomic E-state index is 3.35. The van der Waals surface area contributed by atoms with Gasteiger partial charge in [-0.25, -0.2) is 0 Å². The molecule has 2 aliphatic rings. The third kappa shape index (κ3) is 3.13. The van der Waals surface area contributed by atoms with Gasteiger partial charge < -0.3 is 10.2 Å². The lowest BCUT2D eigenvalue weighted by Gasteiger charge is -2.18. The predicted molar refractivity (Wildman–Crippen MR) is 87.2 cm³/mol. The first-order valence-electron chi connectivity index (χ1n) is 7.76. The minimum Gasteiger partial charge on any atom is -0.372 e. The third-order valence-corrected chi connectivity index (χ3v) is 4.30. The highest BCUT2D eigenvalue weighted by molar-refractivity contribution is 5.62. The van der Waals surface area contributed by atoms with Gasteiger partial charge in [0.2, 0.25) is 0 Å². The van der Waals surface area contributed by atoms with Crippen LogP contribution in [0.15, 0.2) is 35.9 Å². The van der Waals surface area contributed by atoms with Crippen LogP contribution < -0.4 is 10.2 Å². The number of rotatable bonds is 3. The van der Waals surface area contributed by atoms with Gasteiger partial charge in [-0.2, -0.15) is 0 Å². The van der Waals surface area contributed by atoms with E-state index in [0.717, 1.165) is 19.5 Å². The fraction of sp³-hybridized carbons (Fsp3) is 0.444. The minimum atomic E-state index is 1.01. The van der Waals surface area contributed by atoms with Crippen LogP contribution >= 0.6 is 0 Å². The molecule has 0 amide bonds. The van der Waals surface area contributed by atoms with Gasteiger partial charge in [0.1, 0.15) is 0 Å². The highest BCUT2D eigenvalue weighted by Gasteiger charge is 2.12. The highest BCUT2D eigenvalue weighted by atomic mass is 15.1. The Labute approximate surface area is 122 Å². The van der Waals surface area contributed by atoms with Crippen LogP contribution in [0.1, 0.15) is 30.4 Å². The van der Waals surface area contributed by atoms with Crippen molar-refractivity contribution >= 4 is 11.8 Å². The Morgan fingerprint density at radius 2 is 2.00 bits per heavy atom. The second-order valence-corrected chi connectivity index (χ2v) is 5.80. The first-order valence-corrected chi connectivity index (χ1v) is 7.76. The van der Waals surface area contributed by atoms with Crippen LogP contribution in [0, 0.1) is 6.92 Å². The molecular weight excluding hydrogens is 244 g/mol. The second-order valence-electron chi connectivity index (χ2n) is 5.80. The van der Waals surface area contributed by atoms with E-state index < -0.39 is 0 Å². The molecule has 0 bridgehead atoms. The molecule has 0 unspecified atom stereocenters. The molecule has 0 spiro atoms. The summed E-state index contributed by atoms with van der Waals surface area (Å²) in [7, 11) is 0. The maximum Gasteiger partial charge on any atom is 0.0369 e. The van der Waals surface area contributed by atoms with Gasteiger partial charge in [-0.05, 0) is 61.6 Å². The largest absolute Gasteiger partial charge is 0.372 e. The molecule has 0 aromatic heterocycles. The Morgan fingerprint density at radius 3 is 2.70 bits per heavy atom. The van der Waals surface area contributed by atoms with Crippen molar-refractivity contribution in [2.24, 2.45) is 0 Å². The summed E-state index contributed by atoms with van der Waals surface area (Å²) in [6, 6.07) is 6.87. The average molecular weight is 268 g/mol. The van der Waals surface area contributed by atoms with Gasteiger partial charge in [-0.1, -0.05) is 24.3 Å². The fourth-order valence-corrected chi connectivity index (χ4v) is 3.01. The van der Waals surface area contributed by atoms with Gasteiger partial charge in [0.25, 0.3) is 0 Å². The van der Waals surface area contributed by atoms with E-state index in [-0.39, 0.29) is 0 Å². The average Bonchev–Trinajstić information content (AvgIpc) is 3.01. The number of aryl methyl sites for hydroxylation is 1. The lowest BCUT2D eigenvalue weighted by molar-refractivity contribution is 0.713. The summed E-state index contributed by atoms with van der Waals surface area (Å²) in [5, 5.41) is 3.35. The number of hydrogen-bond acceptors (Lipinski definition) is 2. The van der Waals surface area contributed by atoms with Gasteiger partial charge in [-0.3, -0.25) is 0 Å². The van der Waals surface area contributed by atoms with Crippen molar-refractivity contribution in [3.8, 4) is 0 Å². The van der Waals surface area contributed by atoms with Crippen molar-refractivity contribution in [3.63, 3.8) is 0 Å². The van der Waals surface area contributed by atoms with Crippen LogP contribution in [0.4, 0.5) is 5.69 Å². The van der Waals surface area contributed by atoms with Crippen LogP contribution in [-0.2, 0) is 0 Å². The number of nitrogens with one attached hydrogen (secondary N) is 1. The molecule has 0 aliphatic carbocycles. The van der Waals surface area contributed by atoms with E-state index in [2.05, 4.69) is 53.6 Å². The smallest absolute Gasteiger partial charge is 0.0369 e. The Kier molecular flexibility index (Phi) is 4.22. The standard InChI is InChI=1S/C18H24N2/c1-15-14-18(20-12-2-3-13-20)7-6-17(15)5-4-16-8-10-19-11-9-16/h4-8,14,19H,2-3,9-13H2,1H3/b5-4+. The molecule has 20 heavy (non-hydrogen) atoms. The Bertz CT molecular complexity index is 522. The lowest BCUT2D eigenvalue weighted by Crippen LogP contribution is -2.19. The van der Waals surface area contributed by atoms with Crippen molar-refractivity contribution in [2.45, 2.75) is 26.2 Å². The van der Waals surface area contributed by atoms with Crippen molar-refractivity contribution in [3.05, 3.63) is 47.1 Å². The SMILES string of the molecule is Cc1cc(N2CCCC2)ccc1/C=C/C1=CCNCC1. The first kappa shape index (κ1) is 13.4. The van der Waals surface area contributed by atoms with Crippen LogP contribution in [0.25, 0.3) is 6.08 Å². The molecule has 106 valence electrons. The quantitative estimate of drug-likeness (QED) is 0.902. The molecule has 2 heteroatoms. The van der Waals surface area contributed by atoms with Crippen molar-refractivity contribution in [2.75, 3.05) is 31.1 Å². The zero-order valence-electron chi connectivity index (χ0n) is 12.4. The molecular formula is C18H24N2. The molecule has 1 N–H and O–H groups in total. The molecule has 2 nitrogen and oxygen atoms in total. The van der Waals surface area contributed by atoms with E-state index >= 15 is 0 Å². The minimum absolute atomic E-state index is 1.01. The summed E-state index contributed by atoms with van der Waals surface area (Å²) in [5.41, 5.74) is 5.55. The number of hydrogen-bond donors (Lipinski definition) is 1. The van der Waals surface area contributed by atoms with Crippen LogP contribution in [-0.4, -0.2) is 26.2 Å². The van der Waals surface area contributed by atoms with Gasteiger partial charge in [0.05, 0.1) is 0 Å².